The third-order valence-corrected chi connectivity index (χ3v) is 4.80. The Kier molecular flexibility index (Phi) is 6.51. The molecule has 1 heterocycles. The Morgan fingerprint density at radius 3 is 2.16 bits per heavy atom. The highest BCUT2D eigenvalue weighted by molar-refractivity contribution is 5.77. The third-order valence-electron chi connectivity index (χ3n) is 4.80. The molecule has 6 nitrogen and oxygen atoms in total. The molecule has 1 aromatic heterocycles. The van der Waals surface area contributed by atoms with E-state index in [0.29, 0.717) is 24.0 Å². The summed E-state index contributed by atoms with van der Waals surface area (Å²) in [5.41, 5.74) is 3.46. The van der Waals surface area contributed by atoms with Crippen molar-refractivity contribution in [2.24, 2.45) is 0 Å². The summed E-state index contributed by atoms with van der Waals surface area (Å²) >= 11 is 0. The van der Waals surface area contributed by atoms with Crippen molar-refractivity contribution in [3.8, 4) is 34.1 Å². The van der Waals surface area contributed by atoms with E-state index in [0.717, 1.165) is 28.2 Å². The molecule has 162 valence electrons. The Bertz CT molecular complexity index is 1170. The zero-order chi connectivity index (χ0) is 22.3. The van der Waals surface area contributed by atoms with Crippen LogP contribution in [0.25, 0.3) is 22.6 Å². The molecule has 0 aliphatic rings. The van der Waals surface area contributed by atoms with Gasteiger partial charge in [0.05, 0.1) is 7.11 Å². The number of nitrogens with zero attached hydrogens (tertiary/aromatic N) is 1. The summed E-state index contributed by atoms with van der Waals surface area (Å²) in [7, 11) is 1.62. The van der Waals surface area contributed by atoms with Crippen molar-refractivity contribution >= 4 is 5.97 Å². The van der Waals surface area contributed by atoms with E-state index in [9.17, 15) is 4.79 Å². The van der Waals surface area contributed by atoms with E-state index in [1.807, 2.05) is 78.9 Å². The first-order chi connectivity index (χ1) is 15.6. The topological polar surface area (TPSA) is 70.8 Å². The van der Waals surface area contributed by atoms with Crippen molar-refractivity contribution in [1.29, 1.82) is 0 Å². The number of oxazole rings is 1. The van der Waals surface area contributed by atoms with Gasteiger partial charge in [0.15, 0.2) is 12.4 Å². The maximum Gasteiger partial charge on any atom is 0.303 e. The minimum absolute atomic E-state index is 0.0310. The van der Waals surface area contributed by atoms with Crippen molar-refractivity contribution < 1.29 is 23.4 Å². The van der Waals surface area contributed by atoms with Crippen LogP contribution < -0.4 is 9.47 Å². The molecule has 32 heavy (non-hydrogen) atoms. The number of methoxy groups -OCH3 is 1. The van der Waals surface area contributed by atoms with Crippen LogP contribution in [-0.2, 0) is 22.7 Å². The molecule has 0 N–H and O–H groups in total. The van der Waals surface area contributed by atoms with E-state index in [1.54, 1.807) is 7.11 Å². The predicted molar refractivity (Wildman–Crippen MR) is 120 cm³/mol. The third kappa shape index (κ3) is 5.16. The second-order valence-electron chi connectivity index (χ2n) is 7.09. The Hall–Kier alpha value is -4.06. The first-order valence-corrected chi connectivity index (χ1v) is 10.2. The average molecular weight is 429 g/mol. The fourth-order valence-electron chi connectivity index (χ4n) is 3.17. The van der Waals surface area contributed by atoms with Crippen molar-refractivity contribution in [1.82, 2.24) is 4.98 Å². The normalized spacial score (nSPS) is 10.6. The molecule has 3 aromatic carbocycles. The number of esters is 1. The molecule has 0 fully saturated rings. The summed E-state index contributed by atoms with van der Waals surface area (Å²) in [5.74, 6) is 2.02. The van der Waals surface area contributed by atoms with Crippen LogP contribution >= 0.6 is 0 Å². The highest BCUT2D eigenvalue weighted by Gasteiger charge is 2.18. The van der Waals surface area contributed by atoms with Crippen molar-refractivity contribution in [2.45, 2.75) is 20.1 Å². The van der Waals surface area contributed by atoms with Crippen LogP contribution in [0.2, 0.25) is 0 Å². The number of hydrogen-bond acceptors (Lipinski definition) is 6. The summed E-state index contributed by atoms with van der Waals surface area (Å²) in [4.78, 5) is 15.8. The molecule has 0 saturated carbocycles. The van der Waals surface area contributed by atoms with Gasteiger partial charge in [-0.2, -0.15) is 0 Å². The molecule has 4 aromatic rings. The maximum absolute atomic E-state index is 11.2. The van der Waals surface area contributed by atoms with Gasteiger partial charge in [-0.05, 0) is 54.1 Å². The van der Waals surface area contributed by atoms with E-state index >= 15 is 0 Å². The lowest BCUT2D eigenvalue weighted by Crippen LogP contribution is -1.98. The minimum atomic E-state index is -0.393. The zero-order valence-electron chi connectivity index (χ0n) is 17.9. The predicted octanol–water partition coefficient (Wildman–Crippen LogP) is 5.66. The number of carbonyl (C=O) groups is 1. The van der Waals surface area contributed by atoms with E-state index < -0.39 is 5.97 Å². The van der Waals surface area contributed by atoms with E-state index in [4.69, 9.17) is 18.6 Å². The van der Waals surface area contributed by atoms with Gasteiger partial charge in [0, 0.05) is 18.1 Å². The molecule has 0 unspecified atom stereocenters. The monoisotopic (exact) mass is 429 g/mol. The molecular formula is C26H23NO5. The second-order valence-corrected chi connectivity index (χ2v) is 7.09. The van der Waals surface area contributed by atoms with Gasteiger partial charge in [-0.1, -0.05) is 30.3 Å². The van der Waals surface area contributed by atoms with E-state index in [-0.39, 0.29) is 6.61 Å². The van der Waals surface area contributed by atoms with E-state index in [2.05, 4.69) is 4.98 Å². The van der Waals surface area contributed by atoms with Gasteiger partial charge in [0.25, 0.3) is 0 Å². The summed E-state index contributed by atoms with van der Waals surface area (Å²) in [5, 5.41) is 0. The largest absolute Gasteiger partial charge is 0.497 e. The maximum atomic E-state index is 11.2. The lowest BCUT2D eigenvalue weighted by atomic mass is 10.1. The number of carbonyl (C=O) groups excluding carboxylic acids is 1. The number of hydrogen-bond donors (Lipinski definition) is 0. The van der Waals surface area contributed by atoms with Gasteiger partial charge in [0.2, 0.25) is 5.89 Å². The second kappa shape index (κ2) is 9.83. The van der Waals surface area contributed by atoms with Gasteiger partial charge < -0.3 is 18.6 Å². The summed E-state index contributed by atoms with van der Waals surface area (Å²) in [6.07, 6.45) is 0. The number of ether oxygens (including phenoxy) is 3. The first-order valence-electron chi connectivity index (χ1n) is 10.2. The molecular weight excluding hydrogens is 406 g/mol. The summed E-state index contributed by atoms with van der Waals surface area (Å²) < 4.78 is 22.1. The Morgan fingerprint density at radius 1 is 0.844 bits per heavy atom. The lowest BCUT2D eigenvalue weighted by Gasteiger charge is -2.07. The summed E-state index contributed by atoms with van der Waals surface area (Å²) in [6, 6.07) is 25.2. The molecule has 0 radical (unpaired) electrons. The van der Waals surface area contributed by atoms with Gasteiger partial charge >= 0.3 is 5.97 Å². The van der Waals surface area contributed by atoms with Gasteiger partial charge in [-0.3, -0.25) is 4.79 Å². The highest BCUT2D eigenvalue weighted by atomic mass is 16.5. The van der Waals surface area contributed by atoms with Gasteiger partial charge in [-0.15, -0.1) is 0 Å². The molecule has 4 rings (SSSR count). The fourth-order valence-corrected chi connectivity index (χ4v) is 3.17. The number of aromatic nitrogens is 1. The molecule has 0 bridgehead atoms. The van der Waals surface area contributed by atoms with E-state index in [1.165, 1.54) is 6.92 Å². The fraction of sp³-hybridized carbons (Fsp3) is 0.154. The van der Waals surface area contributed by atoms with Crippen molar-refractivity contribution in [2.75, 3.05) is 7.11 Å². The molecule has 0 aliphatic heterocycles. The van der Waals surface area contributed by atoms with Crippen LogP contribution in [0.15, 0.2) is 83.3 Å². The van der Waals surface area contributed by atoms with Crippen LogP contribution in [0, 0.1) is 0 Å². The highest BCUT2D eigenvalue weighted by Crippen LogP contribution is 2.34. The van der Waals surface area contributed by atoms with Gasteiger partial charge in [0.1, 0.15) is 23.8 Å². The lowest BCUT2D eigenvalue weighted by molar-refractivity contribution is -0.142. The Balaban J connectivity index is 1.59. The average Bonchev–Trinajstić information content (AvgIpc) is 3.27. The minimum Gasteiger partial charge on any atom is -0.497 e. The van der Waals surface area contributed by atoms with Crippen LogP contribution in [0.5, 0.6) is 11.5 Å². The first kappa shape index (κ1) is 21.2. The van der Waals surface area contributed by atoms with Crippen molar-refractivity contribution in [3.05, 3.63) is 90.3 Å². The molecule has 6 heteroatoms. The van der Waals surface area contributed by atoms with Crippen LogP contribution in [0.1, 0.15) is 18.4 Å². The molecule has 0 atom stereocenters. The number of benzene rings is 3. The van der Waals surface area contributed by atoms with Gasteiger partial charge in [-0.25, -0.2) is 4.98 Å². The molecule has 0 amide bonds. The Labute approximate surface area is 186 Å². The molecule has 0 saturated heterocycles. The smallest absolute Gasteiger partial charge is 0.303 e. The SMILES string of the molecule is COc1ccc(-c2oc(COC(C)=O)nc2-c2ccc(OCc3ccccc3)cc2)cc1. The van der Waals surface area contributed by atoms with Crippen molar-refractivity contribution in [3.63, 3.8) is 0 Å². The number of rotatable bonds is 8. The Morgan fingerprint density at radius 2 is 1.50 bits per heavy atom. The van der Waals surface area contributed by atoms with Crippen LogP contribution in [0.4, 0.5) is 0 Å². The molecule has 0 aliphatic carbocycles. The van der Waals surface area contributed by atoms with Crippen LogP contribution in [0.3, 0.4) is 0 Å². The summed E-state index contributed by atoms with van der Waals surface area (Å²) in [6.45, 7) is 1.81. The van der Waals surface area contributed by atoms with Crippen LogP contribution in [-0.4, -0.2) is 18.1 Å². The quantitative estimate of drug-likeness (QED) is 0.337. The molecule has 0 spiro atoms. The zero-order valence-corrected chi connectivity index (χ0v) is 17.9. The standard InChI is InChI=1S/C26H23NO5/c1-18(28)30-17-24-27-25(26(32-24)21-10-12-22(29-2)13-11-21)20-8-14-23(15-9-20)31-16-19-6-4-3-5-7-19/h3-15H,16-17H2,1-2H3.